The highest BCUT2D eigenvalue weighted by atomic mass is 79.9. The fourth-order valence-electron chi connectivity index (χ4n) is 1.60. The van der Waals surface area contributed by atoms with E-state index in [0.29, 0.717) is 10.2 Å². The number of aromatic nitrogens is 1. The van der Waals surface area contributed by atoms with Crippen molar-refractivity contribution in [2.24, 2.45) is 0 Å². The molecule has 0 aliphatic heterocycles. The number of halogens is 2. The summed E-state index contributed by atoms with van der Waals surface area (Å²) in [6.45, 7) is 0. The third-order valence-electron chi connectivity index (χ3n) is 2.55. The average Bonchev–Trinajstić information content (AvgIpc) is 2.40. The summed E-state index contributed by atoms with van der Waals surface area (Å²) in [4.78, 5) is 3.71. The Morgan fingerprint density at radius 2 is 2.10 bits per heavy atom. The number of anilines is 2. The van der Waals surface area contributed by atoms with E-state index in [1.165, 1.54) is 37.6 Å². The highest BCUT2D eigenvalue weighted by molar-refractivity contribution is 9.10. The Kier molecular flexibility index (Phi) is 4.60. The minimum Gasteiger partial charge on any atom is -0.495 e. The number of sulfonamides is 1. The number of nitrogens with zero attached hydrogens (tertiary/aromatic N) is 1. The monoisotopic (exact) mass is 391 g/mol. The van der Waals surface area contributed by atoms with Crippen LogP contribution < -0.4 is 15.2 Å². The summed E-state index contributed by atoms with van der Waals surface area (Å²) in [6, 6.07) is 5.68. The van der Waals surface area contributed by atoms with Crippen molar-refractivity contribution in [3.05, 3.63) is 40.1 Å². The first-order chi connectivity index (χ1) is 9.83. The second-order valence-corrected chi connectivity index (χ2v) is 6.89. The van der Waals surface area contributed by atoms with Crippen LogP contribution >= 0.6 is 27.5 Å². The second kappa shape index (κ2) is 6.08. The van der Waals surface area contributed by atoms with E-state index in [0.717, 1.165) is 0 Å². The zero-order chi connectivity index (χ0) is 15.6. The minimum absolute atomic E-state index is 0.0707. The Bertz CT molecular complexity index is 783. The van der Waals surface area contributed by atoms with Crippen molar-refractivity contribution >= 4 is 48.9 Å². The van der Waals surface area contributed by atoms with Crippen molar-refractivity contribution in [3.63, 3.8) is 0 Å². The van der Waals surface area contributed by atoms with E-state index in [2.05, 4.69) is 25.6 Å². The molecule has 0 fully saturated rings. The van der Waals surface area contributed by atoms with E-state index in [1.54, 1.807) is 0 Å². The molecule has 6 nitrogen and oxygen atoms in total. The normalized spacial score (nSPS) is 11.2. The molecule has 0 amide bonds. The molecule has 0 aliphatic rings. The number of hydrogen-bond acceptors (Lipinski definition) is 5. The van der Waals surface area contributed by atoms with E-state index in [4.69, 9.17) is 22.1 Å². The highest BCUT2D eigenvalue weighted by Crippen LogP contribution is 2.33. The van der Waals surface area contributed by atoms with Crippen molar-refractivity contribution in [1.82, 2.24) is 4.98 Å². The molecule has 21 heavy (non-hydrogen) atoms. The molecule has 0 spiro atoms. The maximum absolute atomic E-state index is 12.4. The highest BCUT2D eigenvalue weighted by Gasteiger charge is 2.21. The number of hydrogen-bond donors (Lipinski definition) is 2. The van der Waals surface area contributed by atoms with Crippen LogP contribution in [0.25, 0.3) is 0 Å². The molecular weight excluding hydrogens is 382 g/mol. The first kappa shape index (κ1) is 15.9. The molecule has 1 aromatic carbocycles. The molecule has 1 aromatic heterocycles. The number of rotatable bonds is 4. The quantitative estimate of drug-likeness (QED) is 0.616. The number of pyridine rings is 1. The Morgan fingerprint density at radius 3 is 2.71 bits per heavy atom. The van der Waals surface area contributed by atoms with Crippen LogP contribution in [0.5, 0.6) is 5.75 Å². The Morgan fingerprint density at radius 1 is 1.38 bits per heavy atom. The molecule has 2 aromatic rings. The van der Waals surface area contributed by atoms with Gasteiger partial charge in [0.05, 0.1) is 12.8 Å². The lowest BCUT2D eigenvalue weighted by Gasteiger charge is -2.13. The van der Waals surface area contributed by atoms with Gasteiger partial charge in [-0.2, -0.15) is 0 Å². The number of ether oxygens (including phenoxy) is 1. The topological polar surface area (TPSA) is 94.3 Å². The van der Waals surface area contributed by atoms with Crippen LogP contribution in [0.3, 0.4) is 0 Å². The van der Waals surface area contributed by atoms with Crippen molar-refractivity contribution in [3.8, 4) is 5.75 Å². The van der Waals surface area contributed by atoms with Crippen LogP contribution in [-0.4, -0.2) is 20.5 Å². The molecule has 0 radical (unpaired) electrons. The summed E-state index contributed by atoms with van der Waals surface area (Å²) in [7, 11) is -2.50. The lowest BCUT2D eigenvalue weighted by molar-refractivity contribution is 0.402. The molecule has 0 saturated carbocycles. The second-order valence-electron chi connectivity index (χ2n) is 4.00. The van der Waals surface area contributed by atoms with E-state index in [-0.39, 0.29) is 21.5 Å². The zero-order valence-electron chi connectivity index (χ0n) is 10.8. The van der Waals surface area contributed by atoms with Crippen LogP contribution in [-0.2, 0) is 10.0 Å². The fraction of sp³-hybridized carbons (Fsp3) is 0.0833. The SMILES string of the molecule is COc1cc(Br)c(N)cc1S(=O)(=O)Nc1ccnc(Cl)c1. The molecule has 0 saturated heterocycles. The predicted molar refractivity (Wildman–Crippen MR) is 85.2 cm³/mol. The van der Waals surface area contributed by atoms with Gasteiger partial charge in [0.2, 0.25) is 0 Å². The summed E-state index contributed by atoms with van der Waals surface area (Å²) >= 11 is 8.95. The third-order valence-corrected chi connectivity index (χ3v) is 4.85. The molecule has 0 bridgehead atoms. The van der Waals surface area contributed by atoms with Gasteiger partial charge in [0, 0.05) is 16.4 Å². The lowest BCUT2D eigenvalue weighted by atomic mass is 10.3. The predicted octanol–water partition coefficient (Wildman–Crippen LogP) is 2.89. The van der Waals surface area contributed by atoms with Crippen LogP contribution in [0.4, 0.5) is 11.4 Å². The average molecular weight is 393 g/mol. The Balaban J connectivity index is 2.47. The van der Waals surface area contributed by atoms with Gasteiger partial charge in [-0.1, -0.05) is 11.6 Å². The third kappa shape index (κ3) is 3.58. The van der Waals surface area contributed by atoms with Gasteiger partial charge in [-0.3, -0.25) is 4.72 Å². The van der Waals surface area contributed by atoms with Gasteiger partial charge < -0.3 is 10.5 Å². The number of methoxy groups -OCH3 is 1. The Hall–Kier alpha value is -1.51. The molecule has 3 N–H and O–H groups in total. The van der Waals surface area contributed by atoms with Crippen molar-refractivity contribution < 1.29 is 13.2 Å². The van der Waals surface area contributed by atoms with E-state index in [9.17, 15) is 8.42 Å². The first-order valence-electron chi connectivity index (χ1n) is 5.61. The summed E-state index contributed by atoms with van der Waals surface area (Å²) < 4.78 is 32.9. The summed E-state index contributed by atoms with van der Waals surface area (Å²) in [5.74, 6) is 0.170. The van der Waals surface area contributed by atoms with Gasteiger partial charge in [0.1, 0.15) is 15.8 Å². The molecular formula is C12H11BrClN3O3S. The van der Waals surface area contributed by atoms with Crippen LogP contribution in [0, 0.1) is 0 Å². The van der Waals surface area contributed by atoms with Gasteiger partial charge in [0.25, 0.3) is 10.0 Å². The van der Waals surface area contributed by atoms with Crippen LogP contribution in [0.15, 0.2) is 39.8 Å². The number of nitrogens with two attached hydrogens (primary N) is 1. The van der Waals surface area contributed by atoms with E-state index < -0.39 is 10.0 Å². The van der Waals surface area contributed by atoms with Gasteiger partial charge in [0.15, 0.2) is 0 Å². The summed E-state index contributed by atoms with van der Waals surface area (Å²) in [5.41, 5.74) is 6.30. The smallest absolute Gasteiger partial charge is 0.265 e. The van der Waals surface area contributed by atoms with Gasteiger partial charge in [-0.25, -0.2) is 13.4 Å². The molecule has 1 heterocycles. The van der Waals surface area contributed by atoms with Gasteiger partial charge in [-0.05, 0) is 40.2 Å². The minimum atomic E-state index is -3.87. The molecule has 9 heteroatoms. The van der Waals surface area contributed by atoms with E-state index >= 15 is 0 Å². The summed E-state index contributed by atoms with van der Waals surface area (Å²) in [5, 5.41) is 0.178. The molecule has 2 rings (SSSR count). The number of benzene rings is 1. The maximum Gasteiger partial charge on any atom is 0.265 e. The molecule has 0 atom stereocenters. The van der Waals surface area contributed by atoms with Crippen molar-refractivity contribution in [2.45, 2.75) is 4.90 Å². The molecule has 0 aliphatic carbocycles. The zero-order valence-corrected chi connectivity index (χ0v) is 14.0. The van der Waals surface area contributed by atoms with E-state index in [1.807, 2.05) is 0 Å². The number of nitrogen functional groups attached to an aromatic ring is 1. The fourth-order valence-corrected chi connectivity index (χ4v) is 3.33. The Labute approximate surface area is 135 Å². The van der Waals surface area contributed by atoms with Crippen LogP contribution in [0.2, 0.25) is 5.15 Å². The molecule has 112 valence electrons. The lowest BCUT2D eigenvalue weighted by Crippen LogP contribution is -2.14. The van der Waals surface area contributed by atoms with Crippen molar-refractivity contribution in [2.75, 3.05) is 17.6 Å². The molecule has 0 unspecified atom stereocenters. The van der Waals surface area contributed by atoms with Gasteiger partial charge >= 0.3 is 0 Å². The largest absolute Gasteiger partial charge is 0.495 e. The van der Waals surface area contributed by atoms with Gasteiger partial charge in [-0.15, -0.1) is 0 Å². The number of nitrogens with one attached hydrogen (secondary N) is 1. The standard InChI is InChI=1S/C12H11BrClN3O3S/c1-20-10-5-8(13)9(15)6-11(10)21(18,19)17-7-2-3-16-12(14)4-7/h2-6H,15H2,1H3,(H,16,17). The van der Waals surface area contributed by atoms with Crippen LogP contribution in [0.1, 0.15) is 0 Å². The van der Waals surface area contributed by atoms with Crippen molar-refractivity contribution in [1.29, 1.82) is 0 Å². The first-order valence-corrected chi connectivity index (χ1v) is 8.26. The maximum atomic E-state index is 12.4. The summed E-state index contributed by atoms with van der Waals surface area (Å²) in [6.07, 6.45) is 1.40.